The normalized spacial score (nSPS) is 10.0. The summed E-state index contributed by atoms with van der Waals surface area (Å²) in [7, 11) is 0. The lowest BCUT2D eigenvalue weighted by Gasteiger charge is -2.08. The summed E-state index contributed by atoms with van der Waals surface area (Å²) < 4.78 is 5.07. The van der Waals surface area contributed by atoms with Crippen molar-refractivity contribution < 1.29 is 19.1 Å². The average Bonchev–Trinajstić information content (AvgIpc) is 2.65. The van der Waals surface area contributed by atoms with Gasteiger partial charge >= 0.3 is 6.09 Å². The van der Waals surface area contributed by atoms with Crippen molar-refractivity contribution in [3.8, 4) is 0 Å². The molecule has 0 atom stereocenters. The van der Waals surface area contributed by atoms with Crippen LogP contribution >= 0.6 is 0 Å². The van der Waals surface area contributed by atoms with E-state index in [2.05, 4.69) is 10.6 Å². The van der Waals surface area contributed by atoms with Gasteiger partial charge in [-0.05, 0) is 36.2 Å². The number of hydrogen-bond acceptors (Lipinski definition) is 4. The Labute approximate surface area is 151 Å². The summed E-state index contributed by atoms with van der Waals surface area (Å²) in [6.07, 6.45) is 0.207. The van der Waals surface area contributed by atoms with Gasteiger partial charge in [0.25, 0.3) is 0 Å². The molecule has 0 aliphatic rings. The molecule has 2 rings (SSSR count). The Morgan fingerprint density at radius 1 is 0.962 bits per heavy atom. The number of carbonyl (C=O) groups excluding carboxylic acids is 3. The van der Waals surface area contributed by atoms with Crippen LogP contribution in [-0.4, -0.2) is 24.5 Å². The summed E-state index contributed by atoms with van der Waals surface area (Å²) in [6, 6.07) is 15.7. The Balaban J connectivity index is 1.60. The molecular weight excluding hydrogens is 334 g/mol. The van der Waals surface area contributed by atoms with Gasteiger partial charge in [0.15, 0.2) is 0 Å². The summed E-state index contributed by atoms with van der Waals surface area (Å²) in [5, 5.41) is 5.31. The van der Waals surface area contributed by atoms with Crippen LogP contribution in [0.3, 0.4) is 0 Å². The largest absolute Gasteiger partial charge is 0.445 e. The first kappa shape index (κ1) is 19.0. The number of carbonyl (C=O) groups is 3. The van der Waals surface area contributed by atoms with Crippen LogP contribution < -0.4 is 16.4 Å². The lowest BCUT2D eigenvalue weighted by molar-refractivity contribution is -0.116. The van der Waals surface area contributed by atoms with Crippen LogP contribution in [0.25, 0.3) is 0 Å². The molecule has 0 heterocycles. The number of alkyl carbamates (subject to hydrolysis) is 1. The van der Waals surface area contributed by atoms with Crippen molar-refractivity contribution in [3.63, 3.8) is 0 Å². The number of ether oxygens (including phenoxy) is 1. The number of primary amides is 1. The van der Waals surface area contributed by atoms with E-state index < -0.39 is 12.0 Å². The number of nitrogens with two attached hydrogens (primary N) is 1. The first-order chi connectivity index (χ1) is 12.5. The highest BCUT2D eigenvalue weighted by atomic mass is 16.5. The minimum atomic E-state index is -0.520. The lowest BCUT2D eigenvalue weighted by Crippen LogP contribution is -2.26. The van der Waals surface area contributed by atoms with Crippen LogP contribution in [0.1, 0.15) is 28.8 Å². The number of rotatable bonds is 8. The second-order valence-electron chi connectivity index (χ2n) is 5.58. The molecule has 0 fully saturated rings. The summed E-state index contributed by atoms with van der Waals surface area (Å²) in [6.45, 7) is 0.538. The quantitative estimate of drug-likeness (QED) is 0.632. The Morgan fingerprint density at radius 3 is 2.31 bits per heavy atom. The van der Waals surface area contributed by atoms with Crippen molar-refractivity contribution in [2.75, 3.05) is 11.9 Å². The summed E-state index contributed by atoms with van der Waals surface area (Å²) in [5.74, 6) is -0.704. The summed E-state index contributed by atoms with van der Waals surface area (Å²) in [5.41, 5.74) is 7.02. The van der Waals surface area contributed by atoms with E-state index in [0.29, 0.717) is 24.2 Å². The fourth-order valence-corrected chi connectivity index (χ4v) is 2.15. The van der Waals surface area contributed by atoms with Crippen LogP contribution in [0.2, 0.25) is 0 Å². The van der Waals surface area contributed by atoms with Crippen molar-refractivity contribution in [1.82, 2.24) is 5.32 Å². The van der Waals surface area contributed by atoms with Crippen molar-refractivity contribution in [2.24, 2.45) is 5.73 Å². The first-order valence-corrected chi connectivity index (χ1v) is 8.19. The molecule has 0 aliphatic heterocycles. The molecule has 4 N–H and O–H groups in total. The molecule has 0 aliphatic carbocycles. The van der Waals surface area contributed by atoms with Gasteiger partial charge in [-0.2, -0.15) is 0 Å². The Bertz CT molecular complexity index is 745. The zero-order valence-electron chi connectivity index (χ0n) is 14.2. The minimum Gasteiger partial charge on any atom is -0.445 e. The highest BCUT2D eigenvalue weighted by Gasteiger charge is 2.06. The van der Waals surface area contributed by atoms with Crippen LogP contribution in [0.15, 0.2) is 54.6 Å². The maximum Gasteiger partial charge on any atom is 0.407 e. The predicted octanol–water partition coefficient (Wildman–Crippen LogP) is 2.43. The number of anilines is 1. The van der Waals surface area contributed by atoms with Crippen LogP contribution in [0, 0.1) is 0 Å². The minimum absolute atomic E-state index is 0.184. The summed E-state index contributed by atoms with van der Waals surface area (Å²) in [4.78, 5) is 34.4. The monoisotopic (exact) mass is 355 g/mol. The maximum absolute atomic E-state index is 11.8. The van der Waals surface area contributed by atoms with Gasteiger partial charge in [-0.1, -0.05) is 30.3 Å². The molecule has 136 valence electrons. The number of benzene rings is 2. The van der Waals surface area contributed by atoms with E-state index in [9.17, 15) is 14.4 Å². The average molecular weight is 355 g/mol. The van der Waals surface area contributed by atoms with E-state index in [1.807, 2.05) is 30.3 Å². The molecule has 2 aromatic carbocycles. The second kappa shape index (κ2) is 9.83. The van der Waals surface area contributed by atoms with E-state index in [0.717, 1.165) is 5.56 Å². The molecule has 26 heavy (non-hydrogen) atoms. The van der Waals surface area contributed by atoms with Crippen molar-refractivity contribution in [1.29, 1.82) is 0 Å². The predicted molar refractivity (Wildman–Crippen MR) is 97.5 cm³/mol. The molecular formula is C19H21N3O4. The molecule has 0 aromatic heterocycles. The third-order valence-corrected chi connectivity index (χ3v) is 3.52. The fraction of sp³-hybridized carbons (Fsp3) is 0.211. The number of nitrogens with one attached hydrogen (secondary N) is 2. The van der Waals surface area contributed by atoms with Crippen molar-refractivity contribution in [2.45, 2.75) is 19.4 Å². The van der Waals surface area contributed by atoms with Gasteiger partial charge in [0.2, 0.25) is 11.8 Å². The van der Waals surface area contributed by atoms with E-state index in [1.165, 1.54) is 0 Å². The van der Waals surface area contributed by atoms with Crippen LogP contribution in [0.5, 0.6) is 0 Å². The molecule has 0 spiro atoms. The third-order valence-electron chi connectivity index (χ3n) is 3.52. The van der Waals surface area contributed by atoms with Crippen LogP contribution in [0.4, 0.5) is 10.5 Å². The van der Waals surface area contributed by atoms with E-state index in [1.54, 1.807) is 24.3 Å². The highest BCUT2D eigenvalue weighted by molar-refractivity contribution is 5.94. The SMILES string of the molecule is NC(=O)c1ccc(NC(=O)CCCNC(=O)OCc2ccccc2)cc1. The molecule has 2 aromatic rings. The molecule has 7 heteroatoms. The van der Waals surface area contributed by atoms with Gasteiger partial charge in [0.1, 0.15) is 6.61 Å². The summed E-state index contributed by atoms with van der Waals surface area (Å²) >= 11 is 0. The third kappa shape index (κ3) is 6.64. The Hall–Kier alpha value is -3.35. The second-order valence-corrected chi connectivity index (χ2v) is 5.58. The molecule has 0 unspecified atom stereocenters. The smallest absolute Gasteiger partial charge is 0.407 e. The highest BCUT2D eigenvalue weighted by Crippen LogP contribution is 2.09. The number of amides is 3. The van der Waals surface area contributed by atoms with Crippen molar-refractivity contribution in [3.05, 3.63) is 65.7 Å². The van der Waals surface area contributed by atoms with Crippen LogP contribution in [-0.2, 0) is 16.1 Å². The zero-order chi connectivity index (χ0) is 18.8. The van der Waals surface area contributed by atoms with Crippen molar-refractivity contribution >= 4 is 23.6 Å². The van der Waals surface area contributed by atoms with Gasteiger partial charge in [0, 0.05) is 24.2 Å². The lowest BCUT2D eigenvalue weighted by atomic mass is 10.2. The molecule has 0 bridgehead atoms. The molecule has 3 amide bonds. The molecule has 0 saturated carbocycles. The van der Waals surface area contributed by atoms with Gasteiger partial charge in [-0.3, -0.25) is 9.59 Å². The van der Waals surface area contributed by atoms with E-state index in [-0.39, 0.29) is 18.9 Å². The fourth-order valence-electron chi connectivity index (χ4n) is 2.15. The Kier molecular flexibility index (Phi) is 7.17. The zero-order valence-corrected chi connectivity index (χ0v) is 14.2. The maximum atomic E-state index is 11.8. The molecule has 0 saturated heterocycles. The van der Waals surface area contributed by atoms with E-state index >= 15 is 0 Å². The molecule has 0 radical (unpaired) electrons. The topological polar surface area (TPSA) is 111 Å². The van der Waals surface area contributed by atoms with Gasteiger partial charge in [-0.15, -0.1) is 0 Å². The van der Waals surface area contributed by atoms with E-state index in [4.69, 9.17) is 10.5 Å². The van der Waals surface area contributed by atoms with Gasteiger partial charge < -0.3 is 21.1 Å². The standard InChI is InChI=1S/C19H21N3O4/c20-18(24)15-8-10-16(11-9-15)22-17(23)7-4-12-21-19(25)26-13-14-5-2-1-3-6-14/h1-3,5-6,8-11H,4,7,12-13H2,(H2,20,24)(H,21,25)(H,22,23). The van der Waals surface area contributed by atoms with Gasteiger partial charge in [-0.25, -0.2) is 4.79 Å². The number of hydrogen-bond donors (Lipinski definition) is 3. The molecule has 7 nitrogen and oxygen atoms in total. The Morgan fingerprint density at radius 2 is 1.65 bits per heavy atom. The first-order valence-electron chi connectivity index (χ1n) is 8.19. The van der Waals surface area contributed by atoms with Gasteiger partial charge in [0.05, 0.1) is 0 Å².